The highest BCUT2D eigenvalue weighted by Crippen LogP contribution is 2.16. The molecule has 1 aromatic carbocycles. The van der Waals surface area contributed by atoms with Crippen LogP contribution in [0.2, 0.25) is 0 Å². The minimum atomic E-state index is 0.159. The van der Waals surface area contributed by atoms with Crippen molar-refractivity contribution in [2.75, 3.05) is 13.2 Å². The highest BCUT2D eigenvalue weighted by Gasteiger charge is 2.22. The molecular weight excluding hydrogens is 192 g/mol. The molecule has 1 aromatic rings. The highest BCUT2D eigenvalue weighted by molar-refractivity contribution is 5.95. The van der Waals surface area contributed by atoms with Gasteiger partial charge in [0.25, 0.3) is 0 Å². The molecule has 0 amide bonds. The zero-order chi connectivity index (χ0) is 10.7. The second kappa shape index (κ2) is 4.45. The molecule has 0 bridgehead atoms. The smallest absolute Gasteiger partial charge is 0.162 e. The van der Waals surface area contributed by atoms with E-state index < -0.39 is 0 Å². The first kappa shape index (κ1) is 10.2. The van der Waals surface area contributed by atoms with Gasteiger partial charge in [0, 0.05) is 12.0 Å². The van der Waals surface area contributed by atoms with Crippen LogP contribution in [0.25, 0.3) is 0 Å². The zero-order valence-corrected chi connectivity index (χ0v) is 8.73. The third kappa shape index (κ3) is 2.80. The Morgan fingerprint density at radius 3 is 2.67 bits per heavy atom. The average Bonchev–Trinajstić information content (AvgIpc) is 3.10. The van der Waals surface area contributed by atoms with E-state index in [1.165, 1.54) is 0 Å². The fraction of sp³-hybridized carbons (Fsp3) is 0.417. The molecule has 0 radical (unpaired) electrons. The molecule has 0 aromatic heterocycles. The SMILES string of the molecule is CCC(=O)c1ccc(OC[C@@H]2CO2)cc1. The molecule has 1 aliphatic rings. The van der Waals surface area contributed by atoms with Gasteiger partial charge in [-0.3, -0.25) is 4.79 Å². The summed E-state index contributed by atoms with van der Waals surface area (Å²) in [5.41, 5.74) is 0.743. The molecule has 0 saturated carbocycles. The van der Waals surface area contributed by atoms with Crippen molar-refractivity contribution in [1.29, 1.82) is 0 Å². The van der Waals surface area contributed by atoms with Crippen LogP contribution in [0, 0.1) is 0 Å². The van der Waals surface area contributed by atoms with E-state index in [2.05, 4.69) is 0 Å². The molecule has 80 valence electrons. The summed E-state index contributed by atoms with van der Waals surface area (Å²) in [5.74, 6) is 0.949. The summed E-state index contributed by atoms with van der Waals surface area (Å²) >= 11 is 0. The van der Waals surface area contributed by atoms with Crippen molar-refractivity contribution in [3.63, 3.8) is 0 Å². The topological polar surface area (TPSA) is 38.8 Å². The van der Waals surface area contributed by atoms with Crippen LogP contribution in [0.4, 0.5) is 0 Å². The van der Waals surface area contributed by atoms with Crippen molar-refractivity contribution >= 4 is 5.78 Å². The molecule has 0 spiro atoms. The van der Waals surface area contributed by atoms with E-state index in [9.17, 15) is 4.79 Å². The number of carbonyl (C=O) groups is 1. The van der Waals surface area contributed by atoms with Crippen LogP contribution in [-0.2, 0) is 4.74 Å². The molecule has 3 heteroatoms. The Bertz CT molecular complexity index is 338. The number of ether oxygens (including phenoxy) is 2. The Morgan fingerprint density at radius 1 is 1.47 bits per heavy atom. The molecule has 1 atom stereocenters. The quantitative estimate of drug-likeness (QED) is 0.546. The number of carbonyl (C=O) groups excluding carboxylic acids is 1. The molecule has 1 fully saturated rings. The Balaban J connectivity index is 1.93. The zero-order valence-electron chi connectivity index (χ0n) is 8.73. The Kier molecular flexibility index (Phi) is 3.02. The first-order chi connectivity index (χ1) is 7.29. The number of rotatable bonds is 5. The molecule has 1 aliphatic heterocycles. The van der Waals surface area contributed by atoms with Gasteiger partial charge in [0.15, 0.2) is 5.78 Å². The molecule has 1 heterocycles. The van der Waals surface area contributed by atoms with Crippen molar-refractivity contribution in [3.8, 4) is 5.75 Å². The van der Waals surface area contributed by atoms with Crippen LogP contribution < -0.4 is 4.74 Å². The Labute approximate surface area is 89.0 Å². The van der Waals surface area contributed by atoms with Crippen LogP contribution in [-0.4, -0.2) is 25.1 Å². The standard InChI is InChI=1S/C12H14O3/c1-2-12(13)9-3-5-10(6-4-9)14-7-11-8-15-11/h3-6,11H,2,7-8H2,1H3/t11-/m1/s1. The van der Waals surface area contributed by atoms with Crippen molar-refractivity contribution in [3.05, 3.63) is 29.8 Å². The van der Waals surface area contributed by atoms with Crippen molar-refractivity contribution in [1.82, 2.24) is 0 Å². The third-order valence-electron chi connectivity index (χ3n) is 2.34. The molecule has 3 nitrogen and oxygen atoms in total. The maximum Gasteiger partial charge on any atom is 0.162 e. The van der Waals surface area contributed by atoms with Gasteiger partial charge in [-0.05, 0) is 24.3 Å². The number of epoxide rings is 1. The summed E-state index contributed by atoms with van der Waals surface area (Å²) in [5, 5.41) is 0. The van der Waals surface area contributed by atoms with Crippen LogP contribution >= 0.6 is 0 Å². The first-order valence-electron chi connectivity index (χ1n) is 5.17. The lowest BCUT2D eigenvalue weighted by Gasteiger charge is -2.04. The summed E-state index contributed by atoms with van der Waals surface area (Å²) in [6.45, 7) is 3.25. The summed E-state index contributed by atoms with van der Waals surface area (Å²) < 4.78 is 10.5. The number of benzene rings is 1. The maximum absolute atomic E-state index is 11.3. The van der Waals surface area contributed by atoms with E-state index in [1.807, 2.05) is 19.1 Å². The summed E-state index contributed by atoms with van der Waals surface area (Å²) in [7, 11) is 0. The van der Waals surface area contributed by atoms with Crippen LogP contribution in [0.5, 0.6) is 5.75 Å². The number of ketones is 1. The lowest BCUT2D eigenvalue weighted by atomic mass is 10.1. The van der Waals surface area contributed by atoms with Crippen LogP contribution in [0.3, 0.4) is 0 Å². The van der Waals surface area contributed by atoms with E-state index in [-0.39, 0.29) is 11.9 Å². The van der Waals surface area contributed by atoms with Gasteiger partial charge in [0.2, 0.25) is 0 Å². The third-order valence-corrected chi connectivity index (χ3v) is 2.34. The van der Waals surface area contributed by atoms with Crippen molar-refractivity contribution in [2.24, 2.45) is 0 Å². The van der Waals surface area contributed by atoms with Crippen molar-refractivity contribution in [2.45, 2.75) is 19.4 Å². The van der Waals surface area contributed by atoms with E-state index in [0.717, 1.165) is 17.9 Å². The van der Waals surface area contributed by atoms with Gasteiger partial charge in [-0.1, -0.05) is 6.92 Å². The van der Waals surface area contributed by atoms with E-state index in [4.69, 9.17) is 9.47 Å². The second-order valence-corrected chi connectivity index (χ2v) is 3.57. The molecule has 2 rings (SSSR count). The fourth-order valence-corrected chi connectivity index (χ4v) is 1.29. The summed E-state index contributed by atoms with van der Waals surface area (Å²) in [6.07, 6.45) is 0.804. The normalized spacial score (nSPS) is 18.6. The van der Waals surface area contributed by atoms with E-state index in [1.54, 1.807) is 12.1 Å². The average molecular weight is 206 g/mol. The second-order valence-electron chi connectivity index (χ2n) is 3.57. The van der Waals surface area contributed by atoms with Gasteiger partial charge in [-0.15, -0.1) is 0 Å². The largest absolute Gasteiger partial charge is 0.491 e. The Morgan fingerprint density at radius 2 is 2.13 bits per heavy atom. The van der Waals surface area contributed by atoms with Gasteiger partial charge >= 0.3 is 0 Å². The first-order valence-corrected chi connectivity index (χ1v) is 5.17. The minimum absolute atomic E-state index is 0.159. The van der Waals surface area contributed by atoms with E-state index in [0.29, 0.717) is 13.0 Å². The van der Waals surface area contributed by atoms with Crippen molar-refractivity contribution < 1.29 is 14.3 Å². The van der Waals surface area contributed by atoms with Gasteiger partial charge in [-0.25, -0.2) is 0 Å². The van der Waals surface area contributed by atoms with Gasteiger partial charge < -0.3 is 9.47 Å². The summed E-state index contributed by atoms with van der Waals surface area (Å²) in [4.78, 5) is 11.3. The van der Waals surface area contributed by atoms with Gasteiger partial charge in [-0.2, -0.15) is 0 Å². The molecule has 0 N–H and O–H groups in total. The highest BCUT2D eigenvalue weighted by atomic mass is 16.6. The predicted molar refractivity (Wildman–Crippen MR) is 56.3 cm³/mol. The maximum atomic E-state index is 11.3. The predicted octanol–water partition coefficient (Wildman–Crippen LogP) is 2.06. The number of hydrogen-bond acceptors (Lipinski definition) is 3. The van der Waals surface area contributed by atoms with E-state index >= 15 is 0 Å². The van der Waals surface area contributed by atoms with Gasteiger partial charge in [0.05, 0.1) is 6.61 Å². The molecule has 1 saturated heterocycles. The number of Topliss-reactive ketones (excluding diaryl/α,β-unsaturated/α-hetero) is 1. The molecule has 15 heavy (non-hydrogen) atoms. The molecule has 0 aliphatic carbocycles. The van der Waals surface area contributed by atoms with Gasteiger partial charge in [0.1, 0.15) is 18.5 Å². The lowest BCUT2D eigenvalue weighted by Crippen LogP contribution is -2.04. The minimum Gasteiger partial charge on any atom is -0.491 e. The molecular formula is C12H14O3. The molecule has 0 unspecified atom stereocenters. The lowest BCUT2D eigenvalue weighted by molar-refractivity contribution is 0.0988. The van der Waals surface area contributed by atoms with Crippen LogP contribution in [0.15, 0.2) is 24.3 Å². The monoisotopic (exact) mass is 206 g/mol. The number of hydrogen-bond donors (Lipinski definition) is 0. The van der Waals surface area contributed by atoms with Crippen LogP contribution in [0.1, 0.15) is 23.7 Å². The fourth-order valence-electron chi connectivity index (χ4n) is 1.29. The summed E-state index contributed by atoms with van der Waals surface area (Å²) in [6, 6.07) is 7.25. The Hall–Kier alpha value is -1.35.